The predicted octanol–water partition coefficient (Wildman–Crippen LogP) is 7.44. The van der Waals surface area contributed by atoms with E-state index in [0.717, 1.165) is 4.47 Å². The molecule has 2 aromatic carbocycles. The van der Waals surface area contributed by atoms with Crippen molar-refractivity contribution in [2.45, 2.75) is 60.0 Å². The van der Waals surface area contributed by atoms with Crippen LogP contribution in [0.3, 0.4) is 0 Å². The minimum Gasteiger partial charge on any atom is -0.444 e. The second kappa shape index (κ2) is 13.4. The SMILES string of the molecule is CC.CC(CN(C)C(=O)OC(C)(C)C)c1ccc(Br)cc1.Cc1ccccc1. The second-order valence-electron chi connectivity index (χ2n) is 7.47. The minimum atomic E-state index is -0.452. The van der Waals surface area contributed by atoms with E-state index in [1.54, 1.807) is 11.9 Å². The van der Waals surface area contributed by atoms with Crippen molar-refractivity contribution in [3.63, 3.8) is 0 Å². The van der Waals surface area contributed by atoms with E-state index < -0.39 is 5.60 Å². The molecule has 0 spiro atoms. The first-order chi connectivity index (χ1) is 13.1. The van der Waals surface area contributed by atoms with E-state index in [2.05, 4.69) is 54.0 Å². The van der Waals surface area contributed by atoms with Crippen LogP contribution in [0.5, 0.6) is 0 Å². The molecule has 1 amide bonds. The summed E-state index contributed by atoms with van der Waals surface area (Å²) in [6.07, 6.45) is -0.281. The highest BCUT2D eigenvalue weighted by Crippen LogP contribution is 2.20. The van der Waals surface area contributed by atoms with Gasteiger partial charge in [0.05, 0.1) is 0 Å². The van der Waals surface area contributed by atoms with Gasteiger partial charge in [-0.1, -0.05) is 84.7 Å². The number of ether oxygens (including phenoxy) is 1. The van der Waals surface area contributed by atoms with Gasteiger partial charge in [-0.05, 0) is 51.3 Å². The monoisotopic (exact) mass is 449 g/mol. The number of carbonyl (C=O) groups is 1. The Kier molecular flexibility index (Phi) is 12.5. The van der Waals surface area contributed by atoms with Crippen molar-refractivity contribution in [3.05, 3.63) is 70.2 Å². The third kappa shape index (κ3) is 11.8. The molecule has 2 aromatic rings. The number of amides is 1. The molecular formula is C24H36BrNO2. The minimum absolute atomic E-state index is 0.269. The number of benzene rings is 2. The van der Waals surface area contributed by atoms with Gasteiger partial charge in [-0.2, -0.15) is 0 Å². The number of aryl methyl sites for hydroxylation is 1. The fourth-order valence-electron chi connectivity index (χ4n) is 2.26. The van der Waals surface area contributed by atoms with E-state index in [1.807, 2.05) is 65.0 Å². The van der Waals surface area contributed by atoms with E-state index >= 15 is 0 Å². The summed E-state index contributed by atoms with van der Waals surface area (Å²) < 4.78 is 6.39. The van der Waals surface area contributed by atoms with Crippen molar-refractivity contribution < 1.29 is 9.53 Å². The van der Waals surface area contributed by atoms with Crippen molar-refractivity contribution in [1.29, 1.82) is 0 Å². The van der Waals surface area contributed by atoms with Gasteiger partial charge in [0.25, 0.3) is 0 Å². The lowest BCUT2D eigenvalue weighted by atomic mass is 10.0. The Labute approximate surface area is 180 Å². The number of hydrogen-bond donors (Lipinski definition) is 0. The van der Waals surface area contributed by atoms with E-state index in [4.69, 9.17) is 4.74 Å². The smallest absolute Gasteiger partial charge is 0.410 e. The van der Waals surface area contributed by atoms with Gasteiger partial charge in [-0.15, -0.1) is 0 Å². The fraction of sp³-hybridized carbons (Fsp3) is 0.458. The van der Waals surface area contributed by atoms with Gasteiger partial charge >= 0.3 is 6.09 Å². The molecule has 0 saturated heterocycles. The third-order valence-electron chi connectivity index (χ3n) is 3.63. The lowest BCUT2D eigenvalue weighted by Gasteiger charge is -2.26. The maximum absolute atomic E-state index is 11.9. The molecule has 3 nitrogen and oxygen atoms in total. The molecule has 0 aliphatic carbocycles. The number of hydrogen-bond acceptors (Lipinski definition) is 2. The summed E-state index contributed by atoms with van der Waals surface area (Å²) in [5, 5.41) is 0. The number of carbonyl (C=O) groups excluding carboxylic acids is 1. The molecule has 0 heterocycles. The van der Waals surface area contributed by atoms with Crippen molar-refractivity contribution in [1.82, 2.24) is 4.90 Å². The topological polar surface area (TPSA) is 29.5 Å². The van der Waals surface area contributed by atoms with Gasteiger partial charge in [-0.3, -0.25) is 0 Å². The van der Waals surface area contributed by atoms with Crippen molar-refractivity contribution in [2.75, 3.05) is 13.6 Å². The zero-order valence-corrected chi connectivity index (χ0v) is 20.2. The highest BCUT2D eigenvalue weighted by atomic mass is 79.9. The summed E-state index contributed by atoms with van der Waals surface area (Å²) in [5.41, 5.74) is 2.08. The molecule has 4 heteroatoms. The van der Waals surface area contributed by atoms with Gasteiger partial charge in [0.15, 0.2) is 0 Å². The number of likely N-dealkylation sites (N-methyl/N-ethyl adjacent to an activating group) is 1. The Balaban J connectivity index is 0.000000670. The Morgan fingerprint density at radius 1 is 1.04 bits per heavy atom. The lowest BCUT2D eigenvalue weighted by molar-refractivity contribution is 0.0291. The molecule has 0 fully saturated rings. The molecular weight excluding hydrogens is 414 g/mol. The van der Waals surface area contributed by atoms with Crippen LogP contribution in [0.25, 0.3) is 0 Å². The summed E-state index contributed by atoms with van der Waals surface area (Å²) in [6, 6.07) is 18.4. The lowest BCUT2D eigenvalue weighted by Crippen LogP contribution is -2.36. The highest BCUT2D eigenvalue weighted by Gasteiger charge is 2.21. The molecule has 2 rings (SSSR count). The Morgan fingerprint density at radius 2 is 1.54 bits per heavy atom. The first kappa shape index (κ1) is 26.2. The Morgan fingerprint density at radius 3 is 1.93 bits per heavy atom. The van der Waals surface area contributed by atoms with Crippen molar-refractivity contribution >= 4 is 22.0 Å². The first-order valence-corrected chi connectivity index (χ1v) is 10.6. The summed E-state index contributed by atoms with van der Waals surface area (Å²) in [5.74, 6) is 0.269. The van der Waals surface area contributed by atoms with Gasteiger partial charge in [0, 0.05) is 18.1 Å². The van der Waals surface area contributed by atoms with Crippen LogP contribution in [-0.2, 0) is 4.74 Å². The molecule has 28 heavy (non-hydrogen) atoms. The molecule has 0 bridgehead atoms. The number of halogens is 1. The zero-order valence-electron chi connectivity index (χ0n) is 18.6. The van der Waals surface area contributed by atoms with Gasteiger partial charge < -0.3 is 9.64 Å². The first-order valence-electron chi connectivity index (χ1n) is 9.79. The molecule has 0 radical (unpaired) electrons. The van der Waals surface area contributed by atoms with Crippen LogP contribution in [-0.4, -0.2) is 30.2 Å². The fourth-order valence-corrected chi connectivity index (χ4v) is 2.52. The Hall–Kier alpha value is -1.81. The summed E-state index contributed by atoms with van der Waals surface area (Å²) in [7, 11) is 1.77. The number of nitrogens with zero attached hydrogens (tertiary/aromatic N) is 1. The van der Waals surface area contributed by atoms with Crippen LogP contribution >= 0.6 is 15.9 Å². The molecule has 0 aromatic heterocycles. The van der Waals surface area contributed by atoms with Crippen LogP contribution in [0.1, 0.15) is 58.6 Å². The van der Waals surface area contributed by atoms with Crippen LogP contribution in [0, 0.1) is 6.92 Å². The average molecular weight is 450 g/mol. The molecule has 1 unspecified atom stereocenters. The molecule has 156 valence electrons. The maximum Gasteiger partial charge on any atom is 0.410 e. The molecule has 1 atom stereocenters. The quantitative estimate of drug-likeness (QED) is 0.486. The van der Waals surface area contributed by atoms with Crippen LogP contribution in [0.4, 0.5) is 4.79 Å². The number of rotatable bonds is 3. The summed E-state index contributed by atoms with van der Waals surface area (Å²) >= 11 is 3.42. The van der Waals surface area contributed by atoms with Crippen molar-refractivity contribution in [2.24, 2.45) is 0 Å². The Bertz CT molecular complexity index is 663. The third-order valence-corrected chi connectivity index (χ3v) is 4.16. The van der Waals surface area contributed by atoms with E-state index in [0.29, 0.717) is 6.54 Å². The standard InChI is InChI=1S/C15H22BrNO2.C7H8.C2H6/c1-11(12-6-8-13(16)9-7-12)10-17(5)14(18)19-15(2,3)4;1-7-5-3-2-4-6-7;1-2/h6-9,11H,10H2,1-5H3;2-6H,1H3;1-2H3. The predicted molar refractivity (Wildman–Crippen MR) is 124 cm³/mol. The zero-order chi connectivity index (χ0) is 21.7. The molecule has 0 N–H and O–H groups in total. The van der Waals surface area contributed by atoms with Gasteiger partial charge in [0.2, 0.25) is 0 Å². The van der Waals surface area contributed by atoms with Crippen LogP contribution < -0.4 is 0 Å². The largest absolute Gasteiger partial charge is 0.444 e. The average Bonchev–Trinajstić information content (AvgIpc) is 2.63. The van der Waals surface area contributed by atoms with Crippen LogP contribution in [0.15, 0.2) is 59.1 Å². The van der Waals surface area contributed by atoms with E-state index in [-0.39, 0.29) is 12.0 Å². The van der Waals surface area contributed by atoms with Gasteiger partial charge in [-0.25, -0.2) is 4.79 Å². The van der Waals surface area contributed by atoms with Crippen LogP contribution in [0.2, 0.25) is 0 Å². The second-order valence-corrected chi connectivity index (χ2v) is 8.38. The molecule has 0 aliphatic heterocycles. The van der Waals surface area contributed by atoms with Crippen molar-refractivity contribution in [3.8, 4) is 0 Å². The van der Waals surface area contributed by atoms with E-state index in [1.165, 1.54) is 11.1 Å². The molecule has 0 aliphatic rings. The summed E-state index contributed by atoms with van der Waals surface area (Å²) in [4.78, 5) is 13.5. The van der Waals surface area contributed by atoms with E-state index in [9.17, 15) is 4.79 Å². The highest BCUT2D eigenvalue weighted by molar-refractivity contribution is 9.10. The van der Waals surface area contributed by atoms with Gasteiger partial charge in [0.1, 0.15) is 5.60 Å². The molecule has 0 saturated carbocycles. The summed E-state index contributed by atoms with van der Waals surface area (Å²) in [6.45, 7) is 14.4. The normalized spacial score (nSPS) is 11.2. The maximum atomic E-state index is 11.9.